The summed E-state index contributed by atoms with van der Waals surface area (Å²) in [7, 11) is 0. The minimum Gasteiger partial charge on any atom is -0.494 e. The normalized spacial score (nSPS) is 10.9. The molecule has 1 amide bonds. The second kappa shape index (κ2) is 7.16. The number of benzene rings is 1. The molecule has 0 bridgehead atoms. The van der Waals surface area contributed by atoms with Crippen molar-refractivity contribution in [2.45, 2.75) is 13.8 Å². The summed E-state index contributed by atoms with van der Waals surface area (Å²) in [6, 6.07) is 11.2. The van der Waals surface area contributed by atoms with Crippen LogP contribution < -0.4 is 10.1 Å². The van der Waals surface area contributed by atoms with Crippen molar-refractivity contribution >= 4 is 32.6 Å². The van der Waals surface area contributed by atoms with Crippen LogP contribution in [0.5, 0.6) is 5.75 Å². The van der Waals surface area contributed by atoms with Gasteiger partial charge in [-0.3, -0.25) is 10.1 Å². The number of amides is 1. The Kier molecular flexibility index (Phi) is 4.55. The number of fused-ring (bicyclic) bond motifs is 1. The molecular weight excluding hydrogens is 362 g/mol. The van der Waals surface area contributed by atoms with Gasteiger partial charge in [-0.1, -0.05) is 17.4 Å². The number of nitrogens with one attached hydrogen (secondary N) is 1. The van der Waals surface area contributed by atoms with Crippen LogP contribution >= 0.6 is 11.3 Å². The molecule has 4 aromatic rings. The third-order valence-electron chi connectivity index (χ3n) is 4.01. The number of ether oxygens (including phenoxy) is 1. The summed E-state index contributed by atoms with van der Waals surface area (Å²) < 4.78 is 8.10. The maximum absolute atomic E-state index is 12.7. The molecule has 0 spiro atoms. The molecule has 0 aliphatic carbocycles. The zero-order valence-corrected chi connectivity index (χ0v) is 15.7. The number of pyridine rings is 1. The predicted octanol–water partition coefficient (Wildman–Crippen LogP) is 3.84. The smallest absolute Gasteiger partial charge is 0.260 e. The number of hydrogen-bond acceptors (Lipinski definition) is 6. The van der Waals surface area contributed by atoms with Crippen molar-refractivity contribution in [3.05, 3.63) is 60.0 Å². The molecule has 3 aromatic heterocycles. The van der Waals surface area contributed by atoms with Crippen LogP contribution in [0.3, 0.4) is 0 Å². The van der Waals surface area contributed by atoms with Crippen LogP contribution in [-0.2, 0) is 0 Å². The molecule has 0 saturated heterocycles. The Morgan fingerprint density at radius 1 is 1.30 bits per heavy atom. The molecule has 0 aliphatic heterocycles. The summed E-state index contributed by atoms with van der Waals surface area (Å²) in [4.78, 5) is 21.4. The standard InChI is InChI=1S/C19H17N5O2S/c1-3-26-13-7-8-15-16(10-13)27-19(22-15)23-18(25)14-11-21-24(12(14)2)17-6-4-5-9-20-17/h4-11H,3H2,1-2H3,(H,22,23,25). The van der Waals surface area contributed by atoms with E-state index in [1.807, 2.05) is 50.2 Å². The van der Waals surface area contributed by atoms with Gasteiger partial charge in [-0.2, -0.15) is 5.10 Å². The molecule has 136 valence electrons. The maximum atomic E-state index is 12.7. The molecule has 0 saturated carbocycles. The van der Waals surface area contributed by atoms with Crippen LogP contribution in [0.1, 0.15) is 23.0 Å². The maximum Gasteiger partial charge on any atom is 0.260 e. The van der Waals surface area contributed by atoms with Crippen molar-refractivity contribution in [1.82, 2.24) is 19.7 Å². The van der Waals surface area contributed by atoms with E-state index in [1.54, 1.807) is 17.1 Å². The highest BCUT2D eigenvalue weighted by atomic mass is 32.1. The van der Waals surface area contributed by atoms with E-state index in [9.17, 15) is 4.79 Å². The fourth-order valence-corrected chi connectivity index (χ4v) is 3.61. The van der Waals surface area contributed by atoms with E-state index in [4.69, 9.17) is 4.74 Å². The highest BCUT2D eigenvalue weighted by Crippen LogP contribution is 2.29. The first-order valence-corrected chi connectivity index (χ1v) is 9.28. The van der Waals surface area contributed by atoms with E-state index < -0.39 is 0 Å². The molecule has 0 atom stereocenters. The Hall–Kier alpha value is -3.26. The van der Waals surface area contributed by atoms with Crippen molar-refractivity contribution in [3.63, 3.8) is 0 Å². The SMILES string of the molecule is CCOc1ccc2nc(NC(=O)c3cnn(-c4ccccn4)c3C)sc2c1. The van der Waals surface area contributed by atoms with Crippen molar-refractivity contribution in [3.8, 4) is 11.6 Å². The van der Waals surface area contributed by atoms with Gasteiger partial charge in [0.25, 0.3) is 5.91 Å². The minimum absolute atomic E-state index is 0.251. The summed E-state index contributed by atoms with van der Waals surface area (Å²) in [5.41, 5.74) is 2.01. The zero-order chi connectivity index (χ0) is 18.8. The molecule has 1 aromatic carbocycles. The molecule has 8 heteroatoms. The second-order valence-electron chi connectivity index (χ2n) is 5.78. The average molecular weight is 379 g/mol. The Morgan fingerprint density at radius 2 is 2.19 bits per heavy atom. The monoisotopic (exact) mass is 379 g/mol. The van der Waals surface area contributed by atoms with Crippen molar-refractivity contribution in [2.24, 2.45) is 0 Å². The van der Waals surface area contributed by atoms with Crippen molar-refractivity contribution in [1.29, 1.82) is 0 Å². The first-order valence-electron chi connectivity index (χ1n) is 8.46. The second-order valence-corrected chi connectivity index (χ2v) is 6.81. The predicted molar refractivity (Wildman–Crippen MR) is 105 cm³/mol. The lowest BCUT2D eigenvalue weighted by atomic mass is 10.2. The largest absolute Gasteiger partial charge is 0.494 e. The minimum atomic E-state index is -0.251. The van der Waals surface area contributed by atoms with Crippen LogP contribution in [0.15, 0.2) is 48.8 Å². The number of carbonyl (C=O) groups excluding carboxylic acids is 1. The van der Waals surface area contributed by atoms with Gasteiger partial charge < -0.3 is 4.74 Å². The van der Waals surface area contributed by atoms with E-state index in [0.717, 1.165) is 16.0 Å². The van der Waals surface area contributed by atoms with Gasteiger partial charge in [0.05, 0.1) is 34.3 Å². The van der Waals surface area contributed by atoms with E-state index in [-0.39, 0.29) is 5.91 Å². The highest BCUT2D eigenvalue weighted by molar-refractivity contribution is 7.22. The molecule has 7 nitrogen and oxygen atoms in total. The molecule has 1 N–H and O–H groups in total. The number of rotatable bonds is 5. The first kappa shape index (κ1) is 17.2. The molecule has 27 heavy (non-hydrogen) atoms. The Balaban J connectivity index is 1.57. The van der Waals surface area contributed by atoms with Crippen LogP contribution in [0.25, 0.3) is 16.0 Å². The van der Waals surface area contributed by atoms with Gasteiger partial charge in [-0.25, -0.2) is 14.6 Å². The van der Waals surface area contributed by atoms with Gasteiger partial charge in [-0.05, 0) is 44.2 Å². The first-order chi connectivity index (χ1) is 13.2. The van der Waals surface area contributed by atoms with E-state index in [1.165, 1.54) is 11.3 Å². The van der Waals surface area contributed by atoms with E-state index in [0.29, 0.717) is 28.8 Å². The number of anilines is 1. The van der Waals surface area contributed by atoms with Gasteiger partial charge in [-0.15, -0.1) is 0 Å². The van der Waals surface area contributed by atoms with E-state index >= 15 is 0 Å². The Labute approximate surface area is 159 Å². The zero-order valence-electron chi connectivity index (χ0n) is 14.8. The number of hydrogen-bond donors (Lipinski definition) is 1. The molecular formula is C19H17N5O2S. The fraction of sp³-hybridized carbons (Fsp3) is 0.158. The van der Waals surface area contributed by atoms with Gasteiger partial charge in [0.2, 0.25) is 0 Å². The fourth-order valence-electron chi connectivity index (χ4n) is 2.72. The number of carbonyl (C=O) groups is 1. The molecule has 0 unspecified atom stereocenters. The Bertz CT molecular complexity index is 1100. The molecule has 3 heterocycles. The average Bonchev–Trinajstić information content (AvgIpc) is 3.25. The van der Waals surface area contributed by atoms with Gasteiger partial charge in [0, 0.05) is 6.20 Å². The number of nitrogens with zero attached hydrogens (tertiary/aromatic N) is 4. The summed E-state index contributed by atoms with van der Waals surface area (Å²) in [6.07, 6.45) is 3.23. The lowest BCUT2D eigenvalue weighted by Crippen LogP contribution is -2.13. The lowest BCUT2D eigenvalue weighted by molar-refractivity contribution is 0.102. The highest BCUT2D eigenvalue weighted by Gasteiger charge is 2.17. The van der Waals surface area contributed by atoms with Gasteiger partial charge in [0.1, 0.15) is 5.75 Å². The summed E-state index contributed by atoms with van der Waals surface area (Å²) in [5, 5.41) is 7.68. The molecule has 4 rings (SSSR count). The van der Waals surface area contributed by atoms with Gasteiger partial charge >= 0.3 is 0 Å². The lowest BCUT2D eigenvalue weighted by Gasteiger charge is -2.04. The molecule has 0 fully saturated rings. The molecule has 0 radical (unpaired) electrons. The van der Waals surface area contributed by atoms with Crippen molar-refractivity contribution < 1.29 is 9.53 Å². The third kappa shape index (κ3) is 3.39. The Morgan fingerprint density at radius 3 is 2.96 bits per heavy atom. The van der Waals surface area contributed by atoms with Crippen LogP contribution in [0.2, 0.25) is 0 Å². The van der Waals surface area contributed by atoms with Crippen LogP contribution in [0.4, 0.5) is 5.13 Å². The van der Waals surface area contributed by atoms with Crippen LogP contribution in [0, 0.1) is 6.92 Å². The van der Waals surface area contributed by atoms with Gasteiger partial charge in [0.15, 0.2) is 10.9 Å². The summed E-state index contributed by atoms with van der Waals surface area (Å²) >= 11 is 1.41. The number of aromatic nitrogens is 4. The summed E-state index contributed by atoms with van der Waals surface area (Å²) in [6.45, 7) is 4.38. The summed E-state index contributed by atoms with van der Waals surface area (Å²) in [5.74, 6) is 1.20. The topological polar surface area (TPSA) is 81.9 Å². The third-order valence-corrected chi connectivity index (χ3v) is 4.95. The van der Waals surface area contributed by atoms with Crippen LogP contribution in [-0.4, -0.2) is 32.3 Å². The quantitative estimate of drug-likeness (QED) is 0.570. The van der Waals surface area contributed by atoms with E-state index in [2.05, 4.69) is 20.4 Å². The molecule has 0 aliphatic rings. The van der Waals surface area contributed by atoms with Crippen molar-refractivity contribution in [2.75, 3.05) is 11.9 Å². The number of thiazole rings is 1.